The Morgan fingerprint density at radius 3 is 2.37 bits per heavy atom. The monoisotopic (exact) mass is 424 g/mol. The molecule has 0 aromatic carbocycles. The Hall–Kier alpha value is -2.20. The van der Waals surface area contributed by atoms with Crippen molar-refractivity contribution in [1.29, 1.82) is 0 Å². The van der Waals surface area contributed by atoms with Crippen LogP contribution in [0.5, 0.6) is 0 Å². The van der Waals surface area contributed by atoms with Gasteiger partial charge in [-0.3, -0.25) is 4.79 Å². The van der Waals surface area contributed by atoms with Crippen molar-refractivity contribution < 1.29 is 47.6 Å². The van der Waals surface area contributed by atoms with E-state index in [0.29, 0.717) is 6.42 Å². The summed E-state index contributed by atoms with van der Waals surface area (Å²) in [6, 6.07) is 0. The van der Waals surface area contributed by atoms with Crippen LogP contribution < -0.4 is 0 Å². The Balaban J connectivity index is 1.83. The molecule has 164 valence electrons. The standard InChI is InChI=1S/C20H24O10/c1-8(21)26-12-13(22)29-16-19(12)9(17(2,3)4)6-10-18(19)7-11(25-5)28-15(24)20(18,30-16)14(23)27-10/h9-12,16H,6-7H2,1-5H3/t9-,10?,11?,12-,16?,18-,19?,20+/m0/s1. The highest BCUT2D eigenvalue weighted by molar-refractivity contribution is 6.08. The molecule has 4 aliphatic heterocycles. The maximum atomic E-state index is 13.2. The van der Waals surface area contributed by atoms with Gasteiger partial charge in [-0.2, -0.15) is 0 Å². The second-order valence-electron chi connectivity index (χ2n) is 9.78. The van der Waals surface area contributed by atoms with Crippen LogP contribution in [0.25, 0.3) is 0 Å². The number of rotatable bonds is 2. The topological polar surface area (TPSA) is 124 Å². The van der Waals surface area contributed by atoms with Gasteiger partial charge in [0.25, 0.3) is 5.60 Å². The molecule has 30 heavy (non-hydrogen) atoms. The van der Waals surface area contributed by atoms with E-state index in [1.165, 1.54) is 14.0 Å². The van der Waals surface area contributed by atoms with Crippen LogP contribution in [0.15, 0.2) is 0 Å². The first-order chi connectivity index (χ1) is 14.0. The number of hydrogen-bond donors (Lipinski definition) is 0. The van der Waals surface area contributed by atoms with E-state index >= 15 is 0 Å². The van der Waals surface area contributed by atoms with Gasteiger partial charge in [-0.25, -0.2) is 14.4 Å². The number of esters is 4. The van der Waals surface area contributed by atoms with E-state index in [9.17, 15) is 19.2 Å². The maximum Gasteiger partial charge on any atom is 0.353 e. The SMILES string of the molecule is COC1C[C@]23C4C[C@@H](C(C)(C)C)C25C(OC(=O)[C@@H]5OC(C)=O)O[C@@]3(C(=O)O1)C(=O)O4. The summed E-state index contributed by atoms with van der Waals surface area (Å²) >= 11 is 0. The van der Waals surface area contributed by atoms with Gasteiger partial charge in [0.1, 0.15) is 6.10 Å². The fraction of sp³-hybridized carbons (Fsp3) is 0.800. The summed E-state index contributed by atoms with van der Waals surface area (Å²) in [4.78, 5) is 51.1. The zero-order chi connectivity index (χ0) is 21.9. The van der Waals surface area contributed by atoms with Crippen molar-refractivity contribution in [3.63, 3.8) is 0 Å². The first-order valence-electron chi connectivity index (χ1n) is 9.97. The predicted molar refractivity (Wildman–Crippen MR) is 93.1 cm³/mol. The van der Waals surface area contributed by atoms with Crippen LogP contribution in [0.4, 0.5) is 0 Å². The minimum atomic E-state index is -2.10. The van der Waals surface area contributed by atoms with Crippen LogP contribution in [0.2, 0.25) is 0 Å². The van der Waals surface area contributed by atoms with Gasteiger partial charge in [0.15, 0.2) is 0 Å². The van der Waals surface area contributed by atoms with E-state index in [1.54, 1.807) is 0 Å². The summed E-state index contributed by atoms with van der Waals surface area (Å²) in [5.41, 5.74) is -5.20. The second-order valence-corrected chi connectivity index (χ2v) is 9.78. The summed E-state index contributed by atoms with van der Waals surface area (Å²) in [7, 11) is 1.38. The lowest BCUT2D eigenvalue weighted by molar-refractivity contribution is -0.242. The molecule has 0 aromatic rings. The van der Waals surface area contributed by atoms with Crippen LogP contribution in [0.3, 0.4) is 0 Å². The molecule has 10 nitrogen and oxygen atoms in total. The van der Waals surface area contributed by atoms with Gasteiger partial charge in [0, 0.05) is 20.5 Å². The zero-order valence-electron chi connectivity index (χ0n) is 17.4. The Morgan fingerprint density at radius 2 is 1.77 bits per heavy atom. The molecule has 0 bridgehead atoms. The molecule has 0 N–H and O–H groups in total. The van der Waals surface area contributed by atoms with Crippen molar-refractivity contribution in [1.82, 2.24) is 0 Å². The quantitative estimate of drug-likeness (QED) is 0.351. The Morgan fingerprint density at radius 1 is 1.10 bits per heavy atom. The number of hydrogen-bond acceptors (Lipinski definition) is 10. The number of carbonyl (C=O) groups excluding carboxylic acids is 4. The summed E-state index contributed by atoms with van der Waals surface area (Å²) < 4.78 is 33.4. The molecule has 4 heterocycles. The lowest BCUT2D eigenvalue weighted by Gasteiger charge is -2.49. The summed E-state index contributed by atoms with van der Waals surface area (Å²) in [5, 5.41) is 0. The molecule has 0 amide bonds. The van der Waals surface area contributed by atoms with E-state index < -0.39 is 70.5 Å². The summed E-state index contributed by atoms with van der Waals surface area (Å²) in [5.74, 6) is -3.58. The van der Waals surface area contributed by atoms with Crippen molar-refractivity contribution in [3.05, 3.63) is 0 Å². The van der Waals surface area contributed by atoms with E-state index in [2.05, 4.69) is 0 Å². The van der Waals surface area contributed by atoms with Crippen molar-refractivity contribution >= 4 is 23.9 Å². The van der Waals surface area contributed by atoms with Gasteiger partial charge >= 0.3 is 23.9 Å². The average Bonchev–Trinajstić information content (AvgIpc) is 3.24. The lowest BCUT2D eigenvalue weighted by Crippen LogP contribution is -2.67. The molecule has 10 heteroatoms. The zero-order valence-corrected chi connectivity index (χ0v) is 17.4. The number of cyclic esters (lactones) is 1. The maximum absolute atomic E-state index is 13.2. The van der Waals surface area contributed by atoms with Crippen LogP contribution in [-0.2, 0) is 47.6 Å². The van der Waals surface area contributed by atoms with Crippen molar-refractivity contribution in [3.8, 4) is 0 Å². The van der Waals surface area contributed by atoms with Crippen LogP contribution in [0, 0.1) is 22.2 Å². The molecule has 5 rings (SSSR count). The van der Waals surface area contributed by atoms with Gasteiger partial charge in [-0.05, 0) is 17.8 Å². The molecule has 2 spiro atoms. The Labute approximate surface area is 172 Å². The molecule has 0 aromatic heterocycles. The van der Waals surface area contributed by atoms with E-state index in [0.717, 1.165) is 0 Å². The van der Waals surface area contributed by atoms with Gasteiger partial charge in [0.05, 0.1) is 10.8 Å². The lowest BCUT2D eigenvalue weighted by atomic mass is 9.50. The van der Waals surface area contributed by atoms with Gasteiger partial charge < -0.3 is 28.4 Å². The van der Waals surface area contributed by atoms with Crippen LogP contribution in [0.1, 0.15) is 40.5 Å². The molecule has 4 saturated heterocycles. The summed E-state index contributed by atoms with van der Waals surface area (Å²) in [6.45, 7) is 7.13. The van der Waals surface area contributed by atoms with Crippen molar-refractivity contribution in [2.75, 3.05) is 7.11 Å². The molecule has 5 aliphatic rings. The molecule has 1 saturated carbocycles. The molecule has 1 aliphatic carbocycles. The van der Waals surface area contributed by atoms with Gasteiger partial charge in [-0.1, -0.05) is 20.8 Å². The smallest absolute Gasteiger partial charge is 0.353 e. The molecular weight excluding hydrogens is 400 g/mol. The predicted octanol–water partition coefficient (Wildman–Crippen LogP) is 0.454. The molecule has 5 fully saturated rings. The second kappa shape index (κ2) is 5.53. The highest BCUT2D eigenvalue weighted by Crippen LogP contribution is 2.80. The number of carbonyl (C=O) groups is 4. The van der Waals surface area contributed by atoms with Crippen LogP contribution >= 0.6 is 0 Å². The average molecular weight is 424 g/mol. The third kappa shape index (κ3) is 1.80. The molecular formula is C20H24O10. The van der Waals surface area contributed by atoms with Crippen molar-refractivity contribution in [2.45, 2.75) is 70.9 Å². The highest BCUT2D eigenvalue weighted by Gasteiger charge is 2.97. The highest BCUT2D eigenvalue weighted by atomic mass is 16.8. The van der Waals surface area contributed by atoms with Crippen LogP contribution in [-0.4, -0.2) is 61.4 Å². The first kappa shape index (κ1) is 19.7. The third-order valence-electron chi connectivity index (χ3n) is 7.67. The third-order valence-corrected chi connectivity index (χ3v) is 7.67. The first-order valence-corrected chi connectivity index (χ1v) is 9.97. The molecule has 4 unspecified atom stereocenters. The fourth-order valence-electron chi connectivity index (χ4n) is 6.87. The normalized spacial score (nSPS) is 48.4. The molecule has 0 radical (unpaired) electrons. The largest absolute Gasteiger partial charge is 0.459 e. The minimum Gasteiger partial charge on any atom is -0.459 e. The summed E-state index contributed by atoms with van der Waals surface area (Å²) in [6.07, 6.45) is -3.95. The number of methoxy groups -OCH3 is 1. The minimum absolute atomic E-state index is 0.0448. The fourth-order valence-corrected chi connectivity index (χ4v) is 6.87. The Bertz CT molecular complexity index is 875. The van der Waals surface area contributed by atoms with Gasteiger partial charge in [0.2, 0.25) is 18.7 Å². The Kier molecular flexibility index (Phi) is 3.64. The van der Waals surface area contributed by atoms with E-state index in [1.807, 2.05) is 20.8 Å². The number of ether oxygens (including phenoxy) is 6. The van der Waals surface area contributed by atoms with E-state index in [4.69, 9.17) is 28.4 Å². The molecule has 8 atom stereocenters. The van der Waals surface area contributed by atoms with Crippen molar-refractivity contribution in [2.24, 2.45) is 22.2 Å². The van der Waals surface area contributed by atoms with E-state index in [-0.39, 0.29) is 12.3 Å². The van der Waals surface area contributed by atoms with Gasteiger partial charge in [-0.15, -0.1) is 0 Å².